The number of pyridine rings is 1. The molecule has 0 aliphatic carbocycles. The van der Waals surface area contributed by atoms with Gasteiger partial charge in [-0.25, -0.2) is 4.98 Å². The molecule has 28 heavy (non-hydrogen) atoms. The number of nitrogens with one attached hydrogen (secondary N) is 1. The maximum absolute atomic E-state index is 13.0. The van der Waals surface area contributed by atoms with E-state index in [4.69, 9.17) is 10.7 Å². The smallest absolute Gasteiger partial charge is 0.256 e. The highest BCUT2D eigenvalue weighted by Crippen LogP contribution is 2.28. The number of benzene rings is 2. The Morgan fingerprint density at radius 3 is 2.50 bits per heavy atom. The van der Waals surface area contributed by atoms with E-state index in [1.54, 1.807) is 35.6 Å². The van der Waals surface area contributed by atoms with Crippen molar-refractivity contribution >= 4 is 39.7 Å². The number of rotatable bonds is 5. The van der Waals surface area contributed by atoms with Gasteiger partial charge in [-0.1, -0.05) is 36.4 Å². The molecule has 6 heteroatoms. The van der Waals surface area contributed by atoms with Crippen LogP contribution in [0.2, 0.25) is 0 Å². The van der Waals surface area contributed by atoms with Gasteiger partial charge in [0.25, 0.3) is 5.91 Å². The van der Waals surface area contributed by atoms with Crippen molar-refractivity contribution < 1.29 is 9.59 Å². The molecule has 0 spiro atoms. The predicted molar refractivity (Wildman–Crippen MR) is 112 cm³/mol. The molecule has 2 amide bonds. The third-order valence-corrected chi connectivity index (χ3v) is 5.22. The molecule has 0 saturated heterocycles. The van der Waals surface area contributed by atoms with Gasteiger partial charge in [-0.15, -0.1) is 11.3 Å². The van der Waals surface area contributed by atoms with Crippen molar-refractivity contribution in [2.24, 2.45) is 5.73 Å². The van der Waals surface area contributed by atoms with Crippen LogP contribution in [0.3, 0.4) is 0 Å². The molecule has 5 nitrogen and oxygen atoms in total. The van der Waals surface area contributed by atoms with Crippen molar-refractivity contribution in [3.05, 3.63) is 83.2 Å². The summed E-state index contributed by atoms with van der Waals surface area (Å²) in [6.07, 6.45) is 0.174. The quantitative estimate of drug-likeness (QED) is 0.537. The number of hydrogen-bond donors (Lipinski definition) is 2. The lowest BCUT2D eigenvalue weighted by molar-refractivity contribution is -0.117. The molecule has 4 rings (SSSR count). The second-order valence-corrected chi connectivity index (χ2v) is 7.29. The van der Waals surface area contributed by atoms with Gasteiger partial charge in [0.2, 0.25) is 5.91 Å². The summed E-state index contributed by atoms with van der Waals surface area (Å²) in [7, 11) is 0. The van der Waals surface area contributed by atoms with E-state index in [1.165, 1.54) is 0 Å². The molecule has 0 aliphatic heterocycles. The van der Waals surface area contributed by atoms with Crippen LogP contribution in [-0.2, 0) is 11.2 Å². The molecule has 0 fully saturated rings. The summed E-state index contributed by atoms with van der Waals surface area (Å²) in [5.74, 6) is -0.597. The molecule has 0 bridgehead atoms. The normalized spacial score (nSPS) is 10.7. The SMILES string of the molecule is NC(=O)Cc1ccc(NC(=O)c2cc(-c3cccs3)nc3ccccc23)cc1. The fourth-order valence-electron chi connectivity index (χ4n) is 3.02. The number of nitrogens with two attached hydrogens (primary N) is 1. The summed E-state index contributed by atoms with van der Waals surface area (Å²) in [6, 6.07) is 20.5. The van der Waals surface area contributed by atoms with Crippen molar-refractivity contribution in [1.82, 2.24) is 4.98 Å². The van der Waals surface area contributed by atoms with Crippen LogP contribution >= 0.6 is 11.3 Å². The molecule has 4 aromatic rings. The first kappa shape index (κ1) is 17.9. The average Bonchev–Trinajstić information content (AvgIpc) is 3.23. The van der Waals surface area contributed by atoms with Crippen molar-refractivity contribution in [2.45, 2.75) is 6.42 Å². The van der Waals surface area contributed by atoms with Gasteiger partial charge in [-0.2, -0.15) is 0 Å². The number of fused-ring (bicyclic) bond motifs is 1. The molecule has 0 atom stereocenters. The summed E-state index contributed by atoms with van der Waals surface area (Å²) < 4.78 is 0. The fraction of sp³-hybridized carbons (Fsp3) is 0.0455. The van der Waals surface area contributed by atoms with E-state index >= 15 is 0 Å². The first-order chi connectivity index (χ1) is 13.6. The number of carbonyl (C=O) groups excluding carboxylic acids is 2. The molecular formula is C22H17N3O2S. The van der Waals surface area contributed by atoms with Crippen LogP contribution in [0, 0.1) is 0 Å². The first-order valence-corrected chi connectivity index (χ1v) is 9.60. The molecular weight excluding hydrogens is 370 g/mol. The van der Waals surface area contributed by atoms with Crippen LogP contribution < -0.4 is 11.1 Å². The van der Waals surface area contributed by atoms with E-state index in [9.17, 15) is 9.59 Å². The fourth-order valence-corrected chi connectivity index (χ4v) is 3.71. The lowest BCUT2D eigenvalue weighted by atomic mass is 10.1. The molecule has 138 valence electrons. The van der Waals surface area contributed by atoms with E-state index < -0.39 is 0 Å². The monoisotopic (exact) mass is 387 g/mol. The zero-order valence-corrected chi connectivity index (χ0v) is 15.7. The Balaban J connectivity index is 1.67. The predicted octanol–water partition coefficient (Wildman–Crippen LogP) is 4.24. The number of aromatic nitrogens is 1. The lowest BCUT2D eigenvalue weighted by Crippen LogP contribution is -2.14. The van der Waals surface area contributed by atoms with Crippen LogP contribution in [-0.4, -0.2) is 16.8 Å². The van der Waals surface area contributed by atoms with Gasteiger partial charge >= 0.3 is 0 Å². The van der Waals surface area contributed by atoms with E-state index in [-0.39, 0.29) is 18.2 Å². The summed E-state index contributed by atoms with van der Waals surface area (Å²) in [5.41, 5.74) is 8.78. The van der Waals surface area contributed by atoms with Crippen LogP contribution in [0.1, 0.15) is 15.9 Å². The highest BCUT2D eigenvalue weighted by atomic mass is 32.1. The first-order valence-electron chi connectivity index (χ1n) is 8.72. The topological polar surface area (TPSA) is 85.1 Å². The molecule has 0 saturated carbocycles. The zero-order valence-electron chi connectivity index (χ0n) is 14.9. The van der Waals surface area contributed by atoms with Gasteiger partial charge in [0.15, 0.2) is 0 Å². The number of amides is 2. The largest absolute Gasteiger partial charge is 0.369 e. The van der Waals surface area contributed by atoms with Gasteiger partial charge in [-0.3, -0.25) is 9.59 Å². The van der Waals surface area contributed by atoms with Crippen molar-refractivity contribution in [1.29, 1.82) is 0 Å². The maximum atomic E-state index is 13.0. The Labute approximate surface area is 165 Å². The molecule has 0 aliphatic rings. The minimum Gasteiger partial charge on any atom is -0.369 e. The van der Waals surface area contributed by atoms with E-state index in [2.05, 4.69) is 5.32 Å². The second-order valence-electron chi connectivity index (χ2n) is 6.34. The minimum atomic E-state index is -0.388. The Morgan fingerprint density at radius 2 is 1.79 bits per heavy atom. The van der Waals surface area contributed by atoms with Crippen LogP contribution in [0.25, 0.3) is 21.5 Å². The second kappa shape index (κ2) is 7.62. The summed E-state index contributed by atoms with van der Waals surface area (Å²) >= 11 is 1.58. The number of carbonyl (C=O) groups is 2. The van der Waals surface area contributed by atoms with Gasteiger partial charge in [0.1, 0.15) is 0 Å². The standard InChI is InChI=1S/C22H17N3O2S/c23-21(26)12-14-7-9-15(10-8-14)24-22(27)17-13-19(20-6-3-11-28-20)25-18-5-2-1-4-16(17)18/h1-11,13H,12H2,(H2,23,26)(H,24,27). The Hall–Kier alpha value is -3.51. The molecule has 2 aromatic carbocycles. The Kier molecular flexibility index (Phi) is 4.87. The molecule has 2 heterocycles. The Morgan fingerprint density at radius 1 is 1.00 bits per heavy atom. The number of hydrogen-bond acceptors (Lipinski definition) is 4. The summed E-state index contributed by atoms with van der Waals surface area (Å²) in [4.78, 5) is 29.7. The minimum absolute atomic E-state index is 0.174. The number of para-hydroxylation sites is 1. The van der Waals surface area contributed by atoms with E-state index in [0.717, 1.165) is 27.0 Å². The van der Waals surface area contributed by atoms with Crippen LogP contribution in [0.5, 0.6) is 0 Å². The number of anilines is 1. The van der Waals surface area contributed by atoms with E-state index in [1.807, 2.05) is 47.8 Å². The van der Waals surface area contributed by atoms with Gasteiger partial charge < -0.3 is 11.1 Å². The number of nitrogens with zero attached hydrogens (tertiary/aromatic N) is 1. The lowest BCUT2D eigenvalue weighted by Gasteiger charge is -2.10. The summed E-state index contributed by atoms with van der Waals surface area (Å²) in [6.45, 7) is 0. The Bertz CT molecular complexity index is 1150. The highest BCUT2D eigenvalue weighted by molar-refractivity contribution is 7.13. The average molecular weight is 387 g/mol. The molecule has 2 aromatic heterocycles. The summed E-state index contributed by atoms with van der Waals surface area (Å²) in [5, 5.41) is 5.71. The maximum Gasteiger partial charge on any atom is 0.256 e. The van der Waals surface area contributed by atoms with Gasteiger partial charge in [0.05, 0.1) is 28.1 Å². The number of primary amides is 1. The van der Waals surface area contributed by atoms with Gasteiger partial charge in [-0.05, 0) is 41.3 Å². The molecule has 0 radical (unpaired) electrons. The van der Waals surface area contributed by atoms with Gasteiger partial charge in [0, 0.05) is 11.1 Å². The molecule has 0 unspecified atom stereocenters. The number of thiophene rings is 1. The molecule has 3 N–H and O–H groups in total. The highest BCUT2D eigenvalue weighted by Gasteiger charge is 2.14. The van der Waals surface area contributed by atoms with Crippen molar-refractivity contribution in [2.75, 3.05) is 5.32 Å². The van der Waals surface area contributed by atoms with E-state index in [0.29, 0.717) is 11.3 Å². The van der Waals surface area contributed by atoms with Crippen molar-refractivity contribution in [3.63, 3.8) is 0 Å². The third kappa shape index (κ3) is 3.77. The zero-order chi connectivity index (χ0) is 19.5. The third-order valence-electron chi connectivity index (χ3n) is 4.32. The van der Waals surface area contributed by atoms with Crippen molar-refractivity contribution in [3.8, 4) is 10.6 Å². The van der Waals surface area contributed by atoms with Crippen LogP contribution in [0.4, 0.5) is 5.69 Å². The van der Waals surface area contributed by atoms with Crippen LogP contribution in [0.15, 0.2) is 72.1 Å².